The van der Waals surface area contributed by atoms with Crippen LogP contribution in [0.15, 0.2) is 48.5 Å². The molecule has 2 rings (SSSR count). The maximum Gasteiger partial charge on any atom is 0.416 e. The number of halogens is 4. The van der Waals surface area contributed by atoms with Gasteiger partial charge < -0.3 is 16.0 Å². The van der Waals surface area contributed by atoms with Crippen LogP contribution >= 0.6 is 11.6 Å². The topological polar surface area (TPSA) is 73.5 Å². The molecule has 0 unspecified atom stereocenters. The minimum Gasteiger partial charge on any atom is -0.338 e. The molecule has 6 nitrogen and oxygen atoms in total. The number of carbonyl (C=O) groups is 2. The Hall–Kier alpha value is -2.94. The Morgan fingerprint density at radius 1 is 1.03 bits per heavy atom. The maximum absolute atomic E-state index is 13.2. The number of rotatable bonds is 6. The van der Waals surface area contributed by atoms with Crippen LogP contribution in [0.2, 0.25) is 5.02 Å². The van der Waals surface area contributed by atoms with Gasteiger partial charge in [0.05, 0.1) is 5.56 Å². The first kappa shape index (κ1) is 25.3. The highest BCUT2D eigenvalue weighted by Gasteiger charge is 2.31. The van der Waals surface area contributed by atoms with Crippen molar-refractivity contribution >= 4 is 35.0 Å². The molecule has 2 aromatic rings. The van der Waals surface area contributed by atoms with Crippen molar-refractivity contribution in [1.82, 2.24) is 10.6 Å². The summed E-state index contributed by atoms with van der Waals surface area (Å²) in [5.74, 6) is 0. The van der Waals surface area contributed by atoms with Crippen LogP contribution in [0.5, 0.6) is 0 Å². The molecule has 10 heteroatoms. The van der Waals surface area contributed by atoms with Crippen LogP contribution in [0.4, 0.5) is 34.1 Å². The highest BCUT2D eigenvalue weighted by molar-refractivity contribution is 6.30. The van der Waals surface area contributed by atoms with E-state index in [1.54, 1.807) is 18.2 Å². The highest BCUT2D eigenvalue weighted by Crippen LogP contribution is 2.32. The molecule has 0 radical (unpaired) electrons. The standard InChI is InChI=1S/C22H26ClF3N4O2/c1-21(2,3)29-19(31)27-11-6-12-30(18-10-4-7-15(13-18)22(24,25)26)20(32)28-17-9-5-8-16(23)14-17/h4-5,7-10,13-14H,6,11-12H2,1-3H3,(H,28,32)(H2,27,29,31). The van der Waals surface area contributed by atoms with Crippen molar-refractivity contribution in [1.29, 1.82) is 0 Å². The van der Waals surface area contributed by atoms with E-state index < -0.39 is 23.3 Å². The Bertz CT molecular complexity index is 945. The predicted octanol–water partition coefficient (Wildman–Crippen LogP) is 5.89. The Balaban J connectivity index is 2.14. The van der Waals surface area contributed by atoms with Crippen molar-refractivity contribution in [3.05, 3.63) is 59.1 Å². The fourth-order valence-electron chi connectivity index (χ4n) is 2.78. The lowest BCUT2D eigenvalue weighted by Crippen LogP contribution is -2.47. The summed E-state index contributed by atoms with van der Waals surface area (Å²) in [4.78, 5) is 26.0. The van der Waals surface area contributed by atoms with Gasteiger partial charge in [0, 0.05) is 35.0 Å². The molecule has 2 aromatic carbocycles. The average molecular weight is 471 g/mol. The van der Waals surface area contributed by atoms with Gasteiger partial charge in [0.2, 0.25) is 0 Å². The van der Waals surface area contributed by atoms with Gasteiger partial charge >= 0.3 is 18.2 Å². The normalized spacial score (nSPS) is 11.6. The van der Waals surface area contributed by atoms with E-state index in [4.69, 9.17) is 11.6 Å². The van der Waals surface area contributed by atoms with Crippen molar-refractivity contribution < 1.29 is 22.8 Å². The Labute approximate surface area is 190 Å². The summed E-state index contributed by atoms with van der Waals surface area (Å²) in [5.41, 5.74) is -0.788. The second-order valence-corrected chi connectivity index (χ2v) is 8.56. The zero-order chi connectivity index (χ0) is 23.9. The number of carbonyl (C=O) groups excluding carboxylic acids is 2. The van der Waals surface area contributed by atoms with Crippen LogP contribution in [-0.4, -0.2) is 30.7 Å². The molecule has 0 spiro atoms. The Morgan fingerprint density at radius 3 is 2.34 bits per heavy atom. The molecule has 0 aromatic heterocycles. The number of nitrogens with one attached hydrogen (secondary N) is 3. The van der Waals surface area contributed by atoms with Gasteiger partial charge in [0.15, 0.2) is 0 Å². The van der Waals surface area contributed by atoms with E-state index in [9.17, 15) is 22.8 Å². The highest BCUT2D eigenvalue weighted by atomic mass is 35.5. The van der Waals surface area contributed by atoms with Gasteiger partial charge in [-0.15, -0.1) is 0 Å². The quantitative estimate of drug-likeness (QED) is 0.461. The lowest BCUT2D eigenvalue weighted by molar-refractivity contribution is -0.137. The summed E-state index contributed by atoms with van der Waals surface area (Å²) in [6.07, 6.45) is -4.23. The molecule has 0 aliphatic rings. The number of nitrogens with zero attached hydrogens (tertiary/aromatic N) is 1. The summed E-state index contributed by atoms with van der Waals surface area (Å²) in [7, 11) is 0. The third-order valence-electron chi connectivity index (χ3n) is 4.14. The molecule has 174 valence electrons. The van der Waals surface area contributed by atoms with E-state index in [0.717, 1.165) is 12.1 Å². The van der Waals surface area contributed by atoms with Gasteiger partial charge in [0.25, 0.3) is 0 Å². The van der Waals surface area contributed by atoms with Crippen molar-refractivity contribution in [2.24, 2.45) is 0 Å². The second-order valence-electron chi connectivity index (χ2n) is 8.12. The molecule has 32 heavy (non-hydrogen) atoms. The molecule has 0 saturated heterocycles. The van der Waals surface area contributed by atoms with Crippen LogP contribution in [0, 0.1) is 0 Å². The summed E-state index contributed by atoms with van der Waals surface area (Å²) in [5, 5.41) is 8.46. The van der Waals surface area contributed by atoms with E-state index in [0.29, 0.717) is 17.1 Å². The van der Waals surface area contributed by atoms with Crippen LogP contribution in [0.3, 0.4) is 0 Å². The third-order valence-corrected chi connectivity index (χ3v) is 4.37. The van der Waals surface area contributed by atoms with E-state index in [1.165, 1.54) is 23.1 Å². The third kappa shape index (κ3) is 8.30. The van der Waals surface area contributed by atoms with Crippen LogP contribution in [0.1, 0.15) is 32.8 Å². The van der Waals surface area contributed by atoms with Crippen LogP contribution < -0.4 is 20.9 Å². The Morgan fingerprint density at radius 2 is 1.72 bits per heavy atom. The van der Waals surface area contributed by atoms with E-state index in [1.807, 2.05) is 20.8 Å². The minimum absolute atomic E-state index is 0.0729. The number of hydrogen-bond acceptors (Lipinski definition) is 2. The number of amides is 4. The summed E-state index contributed by atoms with van der Waals surface area (Å²) >= 11 is 5.94. The number of benzene rings is 2. The molecular weight excluding hydrogens is 445 g/mol. The average Bonchev–Trinajstić information content (AvgIpc) is 2.66. The fraction of sp³-hybridized carbons (Fsp3) is 0.364. The van der Waals surface area contributed by atoms with Gasteiger partial charge in [0.1, 0.15) is 0 Å². The van der Waals surface area contributed by atoms with Crippen molar-refractivity contribution in [3.63, 3.8) is 0 Å². The van der Waals surface area contributed by atoms with E-state index in [-0.39, 0.29) is 24.8 Å². The van der Waals surface area contributed by atoms with E-state index in [2.05, 4.69) is 16.0 Å². The van der Waals surface area contributed by atoms with E-state index >= 15 is 0 Å². The zero-order valence-electron chi connectivity index (χ0n) is 18.0. The second kappa shape index (κ2) is 10.6. The Kier molecular flexibility index (Phi) is 8.38. The summed E-state index contributed by atoms with van der Waals surface area (Å²) in [6.45, 7) is 5.80. The first-order chi connectivity index (χ1) is 14.8. The molecule has 0 bridgehead atoms. The fourth-order valence-corrected chi connectivity index (χ4v) is 2.97. The molecule has 3 N–H and O–H groups in total. The number of anilines is 2. The predicted molar refractivity (Wildman–Crippen MR) is 120 cm³/mol. The van der Waals surface area contributed by atoms with Crippen LogP contribution in [0.25, 0.3) is 0 Å². The van der Waals surface area contributed by atoms with Crippen molar-refractivity contribution in [2.75, 3.05) is 23.3 Å². The number of alkyl halides is 3. The van der Waals surface area contributed by atoms with Crippen molar-refractivity contribution in [3.8, 4) is 0 Å². The summed E-state index contributed by atoms with van der Waals surface area (Å²) in [6, 6.07) is 9.96. The molecule has 0 atom stereocenters. The number of urea groups is 2. The molecule has 0 saturated carbocycles. The zero-order valence-corrected chi connectivity index (χ0v) is 18.8. The summed E-state index contributed by atoms with van der Waals surface area (Å²) < 4.78 is 39.5. The molecule has 0 heterocycles. The largest absolute Gasteiger partial charge is 0.416 e. The molecule has 0 fully saturated rings. The van der Waals surface area contributed by atoms with Gasteiger partial charge in [-0.2, -0.15) is 13.2 Å². The minimum atomic E-state index is -4.54. The molecular formula is C22H26ClF3N4O2. The van der Waals surface area contributed by atoms with Gasteiger partial charge in [-0.3, -0.25) is 4.90 Å². The SMILES string of the molecule is CC(C)(C)NC(=O)NCCCN(C(=O)Nc1cccc(Cl)c1)c1cccc(C(F)(F)F)c1. The first-order valence-corrected chi connectivity index (χ1v) is 10.3. The van der Waals surface area contributed by atoms with Gasteiger partial charge in [-0.25, -0.2) is 9.59 Å². The van der Waals surface area contributed by atoms with Crippen LogP contribution in [-0.2, 0) is 6.18 Å². The van der Waals surface area contributed by atoms with Gasteiger partial charge in [-0.05, 0) is 63.6 Å². The molecule has 4 amide bonds. The maximum atomic E-state index is 13.2. The smallest absolute Gasteiger partial charge is 0.338 e. The van der Waals surface area contributed by atoms with Gasteiger partial charge in [-0.1, -0.05) is 23.7 Å². The first-order valence-electron chi connectivity index (χ1n) is 9.92. The lowest BCUT2D eigenvalue weighted by Gasteiger charge is -2.25. The lowest BCUT2D eigenvalue weighted by atomic mass is 10.1. The molecule has 0 aliphatic heterocycles. The number of hydrogen-bond donors (Lipinski definition) is 3. The monoisotopic (exact) mass is 470 g/mol. The molecule has 0 aliphatic carbocycles. The van der Waals surface area contributed by atoms with Crippen molar-refractivity contribution in [2.45, 2.75) is 38.9 Å².